The van der Waals surface area contributed by atoms with E-state index in [2.05, 4.69) is 4.98 Å². The molecule has 1 aromatic heterocycles. The van der Waals surface area contributed by atoms with Gasteiger partial charge in [-0.3, -0.25) is 0 Å². The molecule has 0 saturated heterocycles. The fourth-order valence-corrected chi connectivity index (χ4v) is 5.70. The minimum Gasteiger partial charge on any atom is -0.240 e. The minimum absolute atomic E-state index is 0.0136. The molecule has 0 aromatic carbocycles. The highest BCUT2D eigenvalue weighted by molar-refractivity contribution is 6.51. The maximum absolute atomic E-state index is 6.35. The summed E-state index contributed by atoms with van der Waals surface area (Å²) in [6.45, 7) is 0. The van der Waals surface area contributed by atoms with Crippen molar-refractivity contribution >= 4 is 46.4 Å². The van der Waals surface area contributed by atoms with Gasteiger partial charge in [-0.15, -0.1) is 34.8 Å². The number of alkyl halides is 3. The van der Waals surface area contributed by atoms with E-state index in [4.69, 9.17) is 46.4 Å². The summed E-state index contributed by atoms with van der Waals surface area (Å²) in [7, 11) is 0. The van der Waals surface area contributed by atoms with Gasteiger partial charge in [-0.25, -0.2) is 4.98 Å². The number of fused-ring (bicyclic) bond motifs is 3. The molecular formula is C11H7Cl4N. The first-order valence-electron chi connectivity index (χ1n) is 5.18. The zero-order valence-corrected chi connectivity index (χ0v) is 11.1. The van der Waals surface area contributed by atoms with Crippen molar-refractivity contribution in [2.24, 2.45) is 5.41 Å². The number of hydrogen-bond acceptors (Lipinski definition) is 1. The lowest BCUT2D eigenvalue weighted by Gasteiger charge is -2.47. The van der Waals surface area contributed by atoms with Gasteiger partial charge in [0.2, 0.25) is 0 Å². The first-order valence-corrected chi connectivity index (χ1v) is 6.75. The van der Waals surface area contributed by atoms with E-state index < -0.39 is 4.33 Å². The Kier molecular flexibility index (Phi) is 1.71. The van der Waals surface area contributed by atoms with Crippen LogP contribution in [0.1, 0.15) is 29.5 Å². The second-order valence-electron chi connectivity index (χ2n) is 4.88. The zero-order valence-electron chi connectivity index (χ0n) is 8.05. The van der Waals surface area contributed by atoms with Crippen LogP contribution in [0.2, 0.25) is 5.15 Å². The van der Waals surface area contributed by atoms with Crippen molar-refractivity contribution in [2.45, 2.75) is 28.0 Å². The largest absolute Gasteiger partial charge is 0.240 e. The van der Waals surface area contributed by atoms with Gasteiger partial charge in [0, 0.05) is 11.3 Å². The van der Waals surface area contributed by atoms with Crippen molar-refractivity contribution in [3.05, 3.63) is 28.5 Å². The maximum Gasteiger partial charge on any atom is 0.129 e. The van der Waals surface area contributed by atoms with Crippen molar-refractivity contribution in [2.75, 3.05) is 0 Å². The quantitative estimate of drug-likeness (QED) is 0.518. The molecule has 3 aliphatic carbocycles. The molecular weight excluding hydrogens is 288 g/mol. The molecule has 2 saturated carbocycles. The van der Waals surface area contributed by atoms with Gasteiger partial charge in [-0.05, 0) is 24.0 Å². The van der Waals surface area contributed by atoms with Crippen molar-refractivity contribution in [3.8, 4) is 0 Å². The Morgan fingerprint density at radius 2 is 2.06 bits per heavy atom. The Bertz CT molecular complexity index is 515. The SMILES string of the molecule is Clc1ccc2c(n1)[C@H]1[C@@H](Cl)[C@@]13[C@@H]2CC3(Cl)Cl. The first kappa shape index (κ1) is 10.3. The number of pyridine rings is 1. The van der Waals surface area contributed by atoms with Gasteiger partial charge in [0.05, 0.1) is 11.1 Å². The molecule has 5 heteroatoms. The lowest BCUT2D eigenvalue weighted by molar-refractivity contribution is 0.212. The highest BCUT2D eigenvalue weighted by atomic mass is 35.5. The number of rotatable bonds is 0. The van der Waals surface area contributed by atoms with Crippen LogP contribution in [-0.2, 0) is 0 Å². The summed E-state index contributed by atoms with van der Waals surface area (Å²) in [5, 5.41) is 0.528. The van der Waals surface area contributed by atoms with Gasteiger partial charge in [0.1, 0.15) is 9.49 Å². The van der Waals surface area contributed by atoms with Crippen LogP contribution in [0.4, 0.5) is 0 Å². The van der Waals surface area contributed by atoms with Crippen LogP contribution in [-0.4, -0.2) is 14.7 Å². The summed E-state index contributed by atoms with van der Waals surface area (Å²) in [5.74, 6) is 0.561. The average molecular weight is 295 g/mol. The number of halogens is 4. The first-order chi connectivity index (χ1) is 7.50. The van der Waals surface area contributed by atoms with Crippen LogP contribution in [0.25, 0.3) is 0 Å². The molecule has 0 radical (unpaired) electrons. The molecule has 1 aromatic rings. The normalized spacial score (nSPS) is 45.4. The average Bonchev–Trinajstić information content (AvgIpc) is 2.77. The highest BCUT2D eigenvalue weighted by Gasteiger charge is 2.87. The van der Waals surface area contributed by atoms with Gasteiger partial charge >= 0.3 is 0 Å². The third-order valence-electron chi connectivity index (χ3n) is 4.42. The summed E-state index contributed by atoms with van der Waals surface area (Å²) >= 11 is 24.9. The van der Waals surface area contributed by atoms with Crippen LogP contribution in [0.3, 0.4) is 0 Å². The molecule has 1 heterocycles. The molecule has 16 heavy (non-hydrogen) atoms. The lowest BCUT2D eigenvalue weighted by atomic mass is 9.68. The molecule has 0 bridgehead atoms. The van der Waals surface area contributed by atoms with E-state index in [1.807, 2.05) is 12.1 Å². The second-order valence-corrected chi connectivity index (χ2v) is 7.22. The van der Waals surface area contributed by atoms with Gasteiger partial charge in [0.25, 0.3) is 0 Å². The molecule has 0 unspecified atom stereocenters. The molecule has 3 aliphatic rings. The van der Waals surface area contributed by atoms with Crippen molar-refractivity contribution in [1.82, 2.24) is 4.98 Å². The Hall–Kier alpha value is 0.310. The zero-order chi connectivity index (χ0) is 11.3. The topological polar surface area (TPSA) is 12.9 Å². The third-order valence-corrected chi connectivity index (χ3v) is 6.21. The molecule has 0 amide bonds. The molecule has 4 rings (SSSR count). The summed E-state index contributed by atoms with van der Waals surface area (Å²) in [5.41, 5.74) is 2.08. The van der Waals surface area contributed by atoms with E-state index in [-0.39, 0.29) is 16.7 Å². The fraction of sp³-hybridized carbons (Fsp3) is 0.545. The Balaban J connectivity index is 1.92. The van der Waals surface area contributed by atoms with Crippen molar-refractivity contribution in [3.63, 3.8) is 0 Å². The van der Waals surface area contributed by atoms with Crippen molar-refractivity contribution < 1.29 is 0 Å². The van der Waals surface area contributed by atoms with Crippen molar-refractivity contribution in [1.29, 1.82) is 0 Å². The molecule has 0 aliphatic heterocycles. The molecule has 1 nitrogen and oxygen atoms in total. The third kappa shape index (κ3) is 0.829. The highest BCUT2D eigenvalue weighted by Crippen LogP contribution is 2.88. The van der Waals surface area contributed by atoms with Gasteiger partial charge in [0.15, 0.2) is 0 Å². The molecule has 0 N–H and O–H groups in total. The summed E-state index contributed by atoms with van der Waals surface area (Å²) < 4.78 is -0.693. The molecule has 2 fully saturated rings. The number of aromatic nitrogens is 1. The van der Waals surface area contributed by atoms with Crippen LogP contribution < -0.4 is 0 Å². The van der Waals surface area contributed by atoms with E-state index >= 15 is 0 Å². The Morgan fingerprint density at radius 1 is 1.31 bits per heavy atom. The summed E-state index contributed by atoms with van der Waals surface area (Å²) in [4.78, 5) is 4.39. The van der Waals surface area contributed by atoms with Gasteiger partial charge in [-0.2, -0.15) is 0 Å². The Labute approximate surface area is 113 Å². The van der Waals surface area contributed by atoms with Crippen LogP contribution in [0, 0.1) is 5.41 Å². The van der Waals surface area contributed by atoms with Gasteiger partial charge < -0.3 is 0 Å². The van der Waals surface area contributed by atoms with Gasteiger partial charge in [-0.1, -0.05) is 17.7 Å². The van der Waals surface area contributed by atoms with Crippen LogP contribution in [0.15, 0.2) is 12.1 Å². The predicted molar refractivity (Wildman–Crippen MR) is 65.9 cm³/mol. The Morgan fingerprint density at radius 3 is 2.75 bits per heavy atom. The van der Waals surface area contributed by atoms with E-state index in [1.54, 1.807) is 0 Å². The smallest absolute Gasteiger partial charge is 0.129 e. The lowest BCUT2D eigenvalue weighted by Crippen LogP contribution is -2.47. The van der Waals surface area contributed by atoms with E-state index in [0.717, 1.165) is 12.1 Å². The van der Waals surface area contributed by atoms with E-state index in [0.29, 0.717) is 11.1 Å². The predicted octanol–water partition coefficient (Wildman–Crippen LogP) is 4.10. The molecule has 1 spiro atoms. The summed E-state index contributed by atoms with van der Waals surface area (Å²) in [6, 6.07) is 3.86. The second kappa shape index (κ2) is 2.66. The number of nitrogens with zero attached hydrogens (tertiary/aromatic N) is 1. The summed E-state index contributed by atoms with van der Waals surface area (Å²) in [6.07, 6.45) is 0.770. The molecule has 84 valence electrons. The van der Waals surface area contributed by atoms with E-state index in [9.17, 15) is 0 Å². The standard InChI is InChI=1S/C11H7Cl4N/c12-6-2-1-4-5-3-10(14,15)11(5)7(9(11)13)8(4)16-6/h1-2,5,7,9H,3H2/t5-,7+,9-,11-/m1/s1. The van der Waals surface area contributed by atoms with E-state index in [1.165, 1.54) is 5.56 Å². The van der Waals surface area contributed by atoms with Crippen LogP contribution in [0.5, 0.6) is 0 Å². The monoisotopic (exact) mass is 293 g/mol. The fourth-order valence-electron chi connectivity index (χ4n) is 3.66. The molecule has 4 atom stereocenters. The van der Waals surface area contributed by atoms with Crippen LogP contribution >= 0.6 is 46.4 Å². The number of hydrogen-bond donors (Lipinski definition) is 0. The maximum atomic E-state index is 6.35. The minimum atomic E-state index is -0.693.